The molecule has 1 aliphatic rings. The third-order valence-electron chi connectivity index (χ3n) is 3.34. The first-order valence-corrected chi connectivity index (χ1v) is 6.30. The van der Waals surface area contributed by atoms with Gasteiger partial charge in [-0.15, -0.1) is 0 Å². The molecule has 0 radical (unpaired) electrons. The van der Waals surface area contributed by atoms with E-state index in [-0.39, 0.29) is 0 Å². The zero-order chi connectivity index (χ0) is 12.4. The van der Waals surface area contributed by atoms with Crippen LogP contribution in [0, 0.1) is 0 Å². The van der Waals surface area contributed by atoms with E-state index in [0.29, 0.717) is 6.10 Å². The number of methoxy groups -OCH3 is 1. The van der Waals surface area contributed by atoms with Gasteiger partial charge in [0.1, 0.15) is 17.6 Å². The van der Waals surface area contributed by atoms with Crippen molar-refractivity contribution in [2.24, 2.45) is 0 Å². The van der Waals surface area contributed by atoms with Gasteiger partial charge in [0, 0.05) is 6.54 Å². The van der Waals surface area contributed by atoms with Crippen LogP contribution in [0.5, 0.6) is 11.5 Å². The highest BCUT2D eigenvalue weighted by Gasteiger charge is 2.15. The number of hydrogen-bond acceptors (Lipinski definition) is 3. The van der Waals surface area contributed by atoms with Gasteiger partial charge in [-0.1, -0.05) is 12.1 Å². The Balaban J connectivity index is 1.86. The molecule has 0 aliphatic carbocycles. The van der Waals surface area contributed by atoms with Gasteiger partial charge in [-0.2, -0.15) is 0 Å². The van der Waals surface area contributed by atoms with Crippen LogP contribution in [-0.2, 0) is 0 Å². The molecule has 0 spiro atoms. The SMILES string of the molecule is COc1ccc2cc(O[C@@H]3CCNC3)ccc2c1. The molecule has 3 heteroatoms. The van der Waals surface area contributed by atoms with Crippen molar-refractivity contribution in [3.63, 3.8) is 0 Å². The normalized spacial score (nSPS) is 19.1. The topological polar surface area (TPSA) is 30.5 Å². The number of ether oxygens (including phenoxy) is 2. The molecular weight excluding hydrogens is 226 g/mol. The summed E-state index contributed by atoms with van der Waals surface area (Å²) in [6.45, 7) is 2.00. The Morgan fingerprint density at radius 2 is 1.78 bits per heavy atom. The molecule has 1 fully saturated rings. The fourth-order valence-corrected chi connectivity index (χ4v) is 2.32. The minimum atomic E-state index is 0.306. The number of fused-ring (bicyclic) bond motifs is 1. The van der Waals surface area contributed by atoms with Crippen LogP contribution in [0.2, 0.25) is 0 Å². The van der Waals surface area contributed by atoms with Gasteiger partial charge in [0.2, 0.25) is 0 Å². The quantitative estimate of drug-likeness (QED) is 0.898. The van der Waals surface area contributed by atoms with Crippen molar-refractivity contribution in [2.75, 3.05) is 20.2 Å². The molecule has 1 aliphatic heterocycles. The van der Waals surface area contributed by atoms with Crippen molar-refractivity contribution in [1.82, 2.24) is 5.32 Å². The fraction of sp³-hybridized carbons (Fsp3) is 0.333. The van der Waals surface area contributed by atoms with E-state index in [4.69, 9.17) is 9.47 Å². The molecule has 1 N–H and O–H groups in total. The van der Waals surface area contributed by atoms with Crippen LogP contribution in [0.4, 0.5) is 0 Å². The molecule has 18 heavy (non-hydrogen) atoms. The van der Waals surface area contributed by atoms with Gasteiger partial charge in [-0.3, -0.25) is 0 Å². The molecule has 3 rings (SSSR count). The molecule has 94 valence electrons. The molecule has 0 aromatic heterocycles. The summed E-state index contributed by atoms with van der Waals surface area (Å²) in [5, 5.41) is 5.66. The summed E-state index contributed by atoms with van der Waals surface area (Å²) in [5.41, 5.74) is 0. The van der Waals surface area contributed by atoms with E-state index in [1.807, 2.05) is 18.2 Å². The first-order chi connectivity index (χ1) is 8.85. The maximum absolute atomic E-state index is 5.95. The van der Waals surface area contributed by atoms with Gasteiger partial charge >= 0.3 is 0 Å². The Bertz CT molecular complexity index is 547. The van der Waals surface area contributed by atoms with Crippen LogP contribution in [0.25, 0.3) is 10.8 Å². The monoisotopic (exact) mass is 243 g/mol. The largest absolute Gasteiger partial charge is 0.497 e. The van der Waals surface area contributed by atoms with Crippen molar-refractivity contribution in [3.8, 4) is 11.5 Å². The molecule has 0 unspecified atom stereocenters. The Morgan fingerprint density at radius 3 is 2.44 bits per heavy atom. The second-order valence-corrected chi connectivity index (χ2v) is 4.61. The van der Waals surface area contributed by atoms with E-state index in [1.54, 1.807) is 7.11 Å². The predicted octanol–water partition coefficient (Wildman–Crippen LogP) is 2.59. The summed E-state index contributed by atoms with van der Waals surface area (Å²) in [6, 6.07) is 12.3. The van der Waals surface area contributed by atoms with Crippen LogP contribution in [0.1, 0.15) is 6.42 Å². The average Bonchev–Trinajstić information content (AvgIpc) is 2.91. The first-order valence-electron chi connectivity index (χ1n) is 6.30. The second kappa shape index (κ2) is 4.86. The third-order valence-corrected chi connectivity index (χ3v) is 3.34. The Hall–Kier alpha value is -1.74. The molecule has 2 aromatic rings. The van der Waals surface area contributed by atoms with Gasteiger partial charge in [-0.05, 0) is 48.0 Å². The van der Waals surface area contributed by atoms with E-state index in [0.717, 1.165) is 31.0 Å². The lowest BCUT2D eigenvalue weighted by Crippen LogP contribution is -2.19. The highest BCUT2D eigenvalue weighted by Crippen LogP contribution is 2.25. The molecular formula is C15H17NO2. The summed E-state index contributed by atoms with van der Waals surface area (Å²) >= 11 is 0. The fourth-order valence-electron chi connectivity index (χ4n) is 2.32. The molecule has 1 atom stereocenters. The van der Waals surface area contributed by atoms with E-state index in [9.17, 15) is 0 Å². The molecule has 3 nitrogen and oxygen atoms in total. The van der Waals surface area contributed by atoms with E-state index >= 15 is 0 Å². The van der Waals surface area contributed by atoms with Crippen molar-refractivity contribution in [3.05, 3.63) is 36.4 Å². The highest BCUT2D eigenvalue weighted by molar-refractivity contribution is 5.85. The van der Waals surface area contributed by atoms with Crippen molar-refractivity contribution >= 4 is 10.8 Å². The Morgan fingerprint density at radius 1 is 1.06 bits per heavy atom. The first kappa shape index (κ1) is 11.4. The summed E-state index contributed by atoms with van der Waals surface area (Å²) < 4.78 is 11.2. The summed E-state index contributed by atoms with van der Waals surface area (Å²) in [4.78, 5) is 0. The summed E-state index contributed by atoms with van der Waals surface area (Å²) in [7, 11) is 1.69. The van der Waals surface area contributed by atoms with Crippen molar-refractivity contribution in [2.45, 2.75) is 12.5 Å². The van der Waals surface area contributed by atoms with Crippen LogP contribution < -0.4 is 14.8 Å². The molecule has 2 aromatic carbocycles. The number of nitrogens with one attached hydrogen (secondary N) is 1. The second-order valence-electron chi connectivity index (χ2n) is 4.61. The van der Waals surface area contributed by atoms with Crippen LogP contribution in [-0.4, -0.2) is 26.3 Å². The van der Waals surface area contributed by atoms with E-state index in [1.165, 1.54) is 10.8 Å². The van der Waals surface area contributed by atoms with Gasteiger partial charge in [-0.25, -0.2) is 0 Å². The molecule has 0 bridgehead atoms. The Kier molecular flexibility index (Phi) is 3.07. The number of benzene rings is 2. The summed E-state index contributed by atoms with van der Waals surface area (Å²) in [5.74, 6) is 1.83. The van der Waals surface area contributed by atoms with Gasteiger partial charge in [0.05, 0.1) is 7.11 Å². The minimum absolute atomic E-state index is 0.306. The van der Waals surface area contributed by atoms with Gasteiger partial charge < -0.3 is 14.8 Å². The van der Waals surface area contributed by atoms with Gasteiger partial charge in [0.15, 0.2) is 0 Å². The maximum Gasteiger partial charge on any atom is 0.120 e. The van der Waals surface area contributed by atoms with Gasteiger partial charge in [0.25, 0.3) is 0 Å². The van der Waals surface area contributed by atoms with Crippen LogP contribution in [0.3, 0.4) is 0 Å². The van der Waals surface area contributed by atoms with E-state index in [2.05, 4.69) is 23.5 Å². The zero-order valence-corrected chi connectivity index (χ0v) is 10.5. The zero-order valence-electron chi connectivity index (χ0n) is 10.5. The molecule has 0 saturated carbocycles. The highest BCUT2D eigenvalue weighted by atomic mass is 16.5. The predicted molar refractivity (Wildman–Crippen MR) is 72.4 cm³/mol. The van der Waals surface area contributed by atoms with Crippen LogP contribution >= 0.6 is 0 Å². The lowest BCUT2D eigenvalue weighted by atomic mass is 10.1. The molecule has 1 heterocycles. The smallest absolute Gasteiger partial charge is 0.120 e. The lowest BCUT2D eigenvalue weighted by molar-refractivity contribution is 0.223. The molecule has 1 saturated heterocycles. The molecule has 0 amide bonds. The summed E-state index contributed by atoms with van der Waals surface area (Å²) in [6.07, 6.45) is 1.39. The van der Waals surface area contributed by atoms with E-state index < -0.39 is 0 Å². The minimum Gasteiger partial charge on any atom is -0.497 e. The third kappa shape index (κ3) is 2.27. The average molecular weight is 243 g/mol. The maximum atomic E-state index is 5.95. The van der Waals surface area contributed by atoms with Crippen molar-refractivity contribution < 1.29 is 9.47 Å². The standard InChI is InChI=1S/C15H17NO2/c1-17-13-4-2-12-9-14(5-3-11(12)8-13)18-15-6-7-16-10-15/h2-5,8-9,15-16H,6-7,10H2,1H3/t15-/m1/s1. The Labute approximate surface area is 107 Å². The van der Waals surface area contributed by atoms with Crippen molar-refractivity contribution in [1.29, 1.82) is 0 Å². The lowest BCUT2D eigenvalue weighted by Gasteiger charge is -2.13. The number of hydrogen-bond donors (Lipinski definition) is 1. The number of rotatable bonds is 3. The van der Waals surface area contributed by atoms with Crippen LogP contribution in [0.15, 0.2) is 36.4 Å².